The highest BCUT2D eigenvalue weighted by Crippen LogP contribution is 2.23. The molecule has 0 aromatic carbocycles. The minimum absolute atomic E-state index is 0.731. The molecule has 0 amide bonds. The number of halogens is 1. The molecule has 1 aliphatic rings. The summed E-state index contributed by atoms with van der Waals surface area (Å²) >= 11 is 2.60. The number of nitrogens with zero attached hydrogens (tertiary/aromatic N) is 1. The second-order valence-electron chi connectivity index (χ2n) is 4.32. The third kappa shape index (κ3) is 3.21. The molecule has 0 spiro atoms. The Morgan fingerprint density at radius 2 is 2.08 bits per heavy atom. The third-order valence-electron chi connectivity index (χ3n) is 2.66. The van der Waals surface area contributed by atoms with Crippen molar-refractivity contribution in [2.75, 3.05) is 13.1 Å². The van der Waals surface area contributed by atoms with Gasteiger partial charge in [0, 0.05) is 16.5 Å². The zero-order valence-electron chi connectivity index (χ0n) is 8.39. The van der Waals surface area contributed by atoms with Crippen LogP contribution in [-0.2, 0) is 0 Å². The lowest BCUT2D eigenvalue weighted by molar-refractivity contribution is 0.208. The average molecular weight is 281 g/mol. The normalized spacial score (nSPS) is 33.8. The lowest BCUT2D eigenvalue weighted by Gasteiger charge is -2.26. The van der Waals surface area contributed by atoms with Gasteiger partial charge in [0.15, 0.2) is 0 Å². The molecule has 0 aromatic heterocycles. The van der Waals surface area contributed by atoms with Gasteiger partial charge in [-0.05, 0) is 39.2 Å². The minimum atomic E-state index is 0.731. The highest BCUT2D eigenvalue weighted by molar-refractivity contribution is 14.1. The van der Waals surface area contributed by atoms with Crippen molar-refractivity contribution in [3.63, 3.8) is 0 Å². The molecule has 0 bridgehead atoms. The molecule has 72 valence electrons. The molecule has 1 rings (SSSR count). The molecule has 0 radical (unpaired) electrons. The van der Waals surface area contributed by atoms with Crippen molar-refractivity contribution in [1.29, 1.82) is 0 Å². The summed E-state index contributed by atoms with van der Waals surface area (Å²) in [6, 6.07) is 0.731. The van der Waals surface area contributed by atoms with Gasteiger partial charge in [-0.2, -0.15) is 0 Å². The summed E-state index contributed by atoms with van der Waals surface area (Å²) in [6.07, 6.45) is 2.78. The average Bonchev–Trinajstić information content (AvgIpc) is 2.11. The Labute approximate surface area is 90.0 Å². The number of hydrogen-bond donors (Lipinski definition) is 0. The standard InChI is InChI=1S/C10H20IN/c1-8(2)12-5-4-10(11)6-9(3)7-12/h8-10H,4-7H2,1-3H3. The fourth-order valence-electron chi connectivity index (χ4n) is 1.90. The second kappa shape index (κ2) is 4.80. The van der Waals surface area contributed by atoms with Gasteiger partial charge < -0.3 is 4.90 Å². The van der Waals surface area contributed by atoms with E-state index < -0.39 is 0 Å². The van der Waals surface area contributed by atoms with Crippen LogP contribution < -0.4 is 0 Å². The lowest BCUT2D eigenvalue weighted by Crippen LogP contribution is -2.33. The molecule has 0 N–H and O–H groups in total. The first-order valence-electron chi connectivity index (χ1n) is 4.97. The summed E-state index contributed by atoms with van der Waals surface area (Å²) in [5, 5.41) is 0. The quantitative estimate of drug-likeness (QED) is 0.527. The molecule has 1 heterocycles. The van der Waals surface area contributed by atoms with E-state index in [4.69, 9.17) is 0 Å². The van der Waals surface area contributed by atoms with Gasteiger partial charge in [-0.15, -0.1) is 0 Å². The van der Waals surface area contributed by atoms with Gasteiger partial charge in [-0.1, -0.05) is 29.5 Å². The Hall–Kier alpha value is 0.690. The molecule has 0 saturated carbocycles. The topological polar surface area (TPSA) is 3.24 Å². The van der Waals surface area contributed by atoms with Crippen molar-refractivity contribution in [2.24, 2.45) is 5.92 Å². The predicted octanol–water partition coefficient (Wildman–Crippen LogP) is 2.93. The van der Waals surface area contributed by atoms with Crippen LogP contribution in [0, 0.1) is 5.92 Å². The summed E-state index contributed by atoms with van der Waals surface area (Å²) in [4.78, 5) is 2.61. The molecular formula is C10H20IN. The van der Waals surface area contributed by atoms with Gasteiger partial charge in [-0.25, -0.2) is 0 Å². The Balaban J connectivity index is 2.46. The van der Waals surface area contributed by atoms with Crippen LogP contribution in [0.5, 0.6) is 0 Å². The maximum Gasteiger partial charge on any atom is 0.0125 e. The molecule has 2 unspecified atom stereocenters. The summed E-state index contributed by atoms with van der Waals surface area (Å²) < 4.78 is 0.904. The van der Waals surface area contributed by atoms with Crippen LogP contribution in [0.4, 0.5) is 0 Å². The summed E-state index contributed by atoms with van der Waals surface area (Å²) in [7, 11) is 0. The molecule has 1 saturated heterocycles. The lowest BCUT2D eigenvalue weighted by atomic mass is 10.1. The Morgan fingerprint density at radius 1 is 1.42 bits per heavy atom. The van der Waals surface area contributed by atoms with Gasteiger partial charge in [-0.3, -0.25) is 0 Å². The van der Waals surface area contributed by atoms with E-state index in [1.165, 1.54) is 25.9 Å². The molecule has 2 atom stereocenters. The summed E-state index contributed by atoms with van der Waals surface area (Å²) in [5.74, 6) is 0.886. The summed E-state index contributed by atoms with van der Waals surface area (Å²) in [5.41, 5.74) is 0. The first-order valence-corrected chi connectivity index (χ1v) is 6.22. The Kier molecular flexibility index (Phi) is 4.30. The highest BCUT2D eigenvalue weighted by atomic mass is 127. The minimum Gasteiger partial charge on any atom is -0.301 e. The van der Waals surface area contributed by atoms with Gasteiger partial charge >= 0.3 is 0 Å². The van der Waals surface area contributed by atoms with E-state index in [0.29, 0.717) is 0 Å². The second-order valence-corrected chi connectivity index (χ2v) is 6.08. The SMILES string of the molecule is CC1CC(I)CCN(C(C)C)C1. The van der Waals surface area contributed by atoms with Crippen LogP contribution in [0.15, 0.2) is 0 Å². The smallest absolute Gasteiger partial charge is 0.0125 e. The van der Waals surface area contributed by atoms with Crippen LogP contribution in [0.2, 0.25) is 0 Å². The molecule has 0 aromatic rings. The van der Waals surface area contributed by atoms with E-state index in [1.54, 1.807) is 0 Å². The first kappa shape index (κ1) is 10.8. The molecule has 2 heteroatoms. The molecule has 12 heavy (non-hydrogen) atoms. The molecular weight excluding hydrogens is 261 g/mol. The molecule has 1 fully saturated rings. The molecule has 1 aliphatic heterocycles. The van der Waals surface area contributed by atoms with Crippen molar-refractivity contribution in [3.8, 4) is 0 Å². The Morgan fingerprint density at radius 3 is 2.67 bits per heavy atom. The third-order valence-corrected chi connectivity index (χ3v) is 3.80. The number of alkyl halides is 1. The van der Waals surface area contributed by atoms with Crippen molar-refractivity contribution >= 4 is 22.6 Å². The largest absolute Gasteiger partial charge is 0.301 e. The van der Waals surface area contributed by atoms with Gasteiger partial charge in [0.1, 0.15) is 0 Å². The monoisotopic (exact) mass is 281 g/mol. The fourth-order valence-corrected chi connectivity index (χ4v) is 3.04. The van der Waals surface area contributed by atoms with Crippen molar-refractivity contribution < 1.29 is 0 Å². The number of likely N-dealkylation sites (tertiary alicyclic amines) is 1. The van der Waals surface area contributed by atoms with Gasteiger partial charge in [0.2, 0.25) is 0 Å². The van der Waals surface area contributed by atoms with Crippen LogP contribution in [-0.4, -0.2) is 28.0 Å². The van der Waals surface area contributed by atoms with E-state index in [2.05, 4.69) is 48.3 Å². The maximum atomic E-state index is 2.61. The van der Waals surface area contributed by atoms with Gasteiger partial charge in [0.25, 0.3) is 0 Å². The van der Waals surface area contributed by atoms with Crippen LogP contribution in [0.3, 0.4) is 0 Å². The number of rotatable bonds is 1. The number of hydrogen-bond acceptors (Lipinski definition) is 1. The van der Waals surface area contributed by atoms with E-state index in [1.807, 2.05) is 0 Å². The first-order chi connectivity index (χ1) is 5.59. The van der Waals surface area contributed by atoms with Crippen molar-refractivity contribution in [2.45, 2.75) is 43.6 Å². The van der Waals surface area contributed by atoms with E-state index >= 15 is 0 Å². The van der Waals surface area contributed by atoms with Crippen LogP contribution >= 0.6 is 22.6 Å². The van der Waals surface area contributed by atoms with E-state index in [9.17, 15) is 0 Å². The predicted molar refractivity (Wildman–Crippen MR) is 62.9 cm³/mol. The van der Waals surface area contributed by atoms with Crippen molar-refractivity contribution in [3.05, 3.63) is 0 Å². The summed E-state index contributed by atoms with van der Waals surface area (Å²) in [6.45, 7) is 9.60. The van der Waals surface area contributed by atoms with Crippen molar-refractivity contribution in [1.82, 2.24) is 4.90 Å². The zero-order chi connectivity index (χ0) is 9.14. The zero-order valence-corrected chi connectivity index (χ0v) is 10.5. The van der Waals surface area contributed by atoms with Crippen LogP contribution in [0.25, 0.3) is 0 Å². The molecule has 1 nitrogen and oxygen atoms in total. The van der Waals surface area contributed by atoms with E-state index in [0.717, 1.165) is 15.9 Å². The fraction of sp³-hybridized carbons (Fsp3) is 1.00. The molecule has 0 aliphatic carbocycles. The Bertz CT molecular complexity index is 136. The highest BCUT2D eigenvalue weighted by Gasteiger charge is 2.20. The van der Waals surface area contributed by atoms with Crippen LogP contribution in [0.1, 0.15) is 33.6 Å². The maximum absolute atomic E-state index is 2.61. The van der Waals surface area contributed by atoms with Gasteiger partial charge in [0.05, 0.1) is 0 Å². The van der Waals surface area contributed by atoms with E-state index in [-0.39, 0.29) is 0 Å².